The minimum absolute atomic E-state index is 0.0540. The van der Waals surface area contributed by atoms with Crippen LogP contribution in [0.25, 0.3) is 11.3 Å². The molecule has 8 heteroatoms. The number of likely N-dealkylation sites (tertiary alicyclic amines) is 1. The van der Waals surface area contributed by atoms with Crippen molar-refractivity contribution in [1.29, 1.82) is 0 Å². The van der Waals surface area contributed by atoms with Gasteiger partial charge in [0.15, 0.2) is 5.82 Å². The molecule has 1 fully saturated rings. The van der Waals surface area contributed by atoms with Gasteiger partial charge in [0.25, 0.3) is 5.91 Å². The molecule has 0 unspecified atom stereocenters. The van der Waals surface area contributed by atoms with Gasteiger partial charge in [-0.1, -0.05) is 28.9 Å². The second-order valence-electron chi connectivity index (χ2n) is 6.06. The lowest BCUT2D eigenvalue weighted by molar-refractivity contribution is 0.0678. The van der Waals surface area contributed by atoms with Crippen molar-refractivity contribution in [3.63, 3.8) is 0 Å². The molecule has 2 aromatic heterocycles. The average Bonchev–Trinajstić information content (AvgIpc) is 3.33. The van der Waals surface area contributed by atoms with Crippen LogP contribution in [-0.2, 0) is 0 Å². The Morgan fingerprint density at radius 3 is 2.84 bits per heavy atom. The van der Waals surface area contributed by atoms with Crippen LogP contribution in [0, 0.1) is 0 Å². The molecule has 0 aliphatic carbocycles. The fraction of sp³-hybridized carbons (Fsp3) is 0.294. The maximum atomic E-state index is 12.3. The SMILES string of the molecule is O=C(c1ncc[nH]1)N1CCC(n2cc(-c3cccc(Cl)c3)nn2)CC1. The lowest BCUT2D eigenvalue weighted by atomic mass is 10.1. The van der Waals surface area contributed by atoms with E-state index in [1.165, 1.54) is 0 Å². The van der Waals surface area contributed by atoms with Crippen molar-refractivity contribution in [3.05, 3.63) is 53.7 Å². The molecule has 128 valence electrons. The molecule has 3 heterocycles. The lowest BCUT2D eigenvalue weighted by Crippen LogP contribution is -2.39. The molecule has 0 atom stereocenters. The first-order chi connectivity index (χ1) is 12.2. The second-order valence-corrected chi connectivity index (χ2v) is 6.49. The predicted molar refractivity (Wildman–Crippen MR) is 93.2 cm³/mol. The standard InChI is InChI=1S/C17H17ClN6O/c18-13-3-1-2-12(10-13)15-11-24(22-21-15)14-4-8-23(9-5-14)17(25)16-19-6-7-20-16/h1-3,6-7,10-11,14H,4-5,8-9H2,(H,19,20). The van der Waals surface area contributed by atoms with E-state index in [0.717, 1.165) is 24.1 Å². The average molecular weight is 357 g/mol. The summed E-state index contributed by atoms with van der Waals surface area (Å²) < 4.78 is 1.89. The third kappa shape index (κ3) is 3.28. The first kappa shape index (κ1) is 15.8. The van der Waals surface area contributed by atoms with Crippen molar-refractivity contribution in [2.75, 3.05) is 13.1 Å². The van der Waals surface area contributed by atoms with Crippen LogP contribution < -0.4 is 0 Å². The Bertz CT molecular complexity index is 867. The number of aromatic amines is 1. The van der Waals surface area contributed by atoms with Crippen molar-refractivity contribution in [2.45, 2.75) is 18.9 Å². The molecule has 7 nitrogen and oxygen atoms in total. The topological polar surface area (TPSA) is 79.7 Å². The molecule has 1 saturated heterocycles. The third-order valence-electron chi connectivity index (χ3n) is 4.46. The summed E-state index contributed by atoms with van der Waals surface area (Å²) in [6, 6.07) is 7.81. The van der Waals surface area contributed by atoms with Gasteiger partial charge in [-0.15, -0.1) is 5.10 Å². The third-order valence-corrected chi connectivity index (χ3v) is 4.69. The fourth-order valence-electron chi connectivity index (χ4n) is 3.10. The molecule has 1 aliphatic heterocycles. The first-order valence-electron chi connectivity index (χ1n) is 8.17. The van der Waals surface area contributed by atoms with Gasteiger partial charge in [0.1, 0.15) is 5.69 Å². The van der Waals surface area contributed by atoms with Crippen molar-refractivity contribution >= 4 is 17.5 Å². The summed E-state index contributed by atoms with van der Waals surface area (Å²) in [5, 5.41) is 9.20. The van der Waals surface area contributed by atoms with E-state index in [9.17, 15) is 4.79 Å². The van der Waals surface area contributed by atoms with E-state index in [1.807, 2.05) is 40.0 Å². The van der Waals surface area contributed by atoms with Gasteiger partial charge >= 0.3 is 0 Å². The number of piperidine rings is 1. The number of nitrogens with zero attached hydrogens (tertiary/aromatic N) is 5. The minimum Gasteiger partial charge on any atom is -0.341 e. The van der Waals surface area contributed by atoms with E-state index >= 15 is 0 Å². The van der Waals surface area contributed by atoms with E-state index in [-0.39, 0.29) is 11.9 Å². The monoisotopic (exact) mass is 356 g/mol. The number of carbonyl (C=O) groups excluding carboxylic acids is 1. The summed E-state index contributed by atoms with van der Waals surface area (Å²) in [7, 11) is 0. The molecule has 0 radical (unpaired) electrons. The normalized spacial score (nSPS) is 15.5. The first-order valence-corrected chi connectivity index (χ1v) is 8.55. The Kier molecular flexibility index (Phi) is 4.23. The molecule has 25 heavy (non-hydrogen) atoms. The van der Waals surface area contributed by atoms with E-state index in [2.05, 4.69) is 20.3 Å². The summed E-state index contributed by atoms with van der Waals surface area (Å²) in [5.74, 6) is 0.337. The molecule has 1 amide bonds. The predicted octanol–water partition coefficient (Wildman–Crippen LogP) is 2.80. The zero-order chi connectivity index (χ0) is 17.2. The molecule has 1 N–H and O–H groups in total. The van der Waals surface area contributed by atoms with Crippen LogP contribution in [0.2, 0.25) is 5.02 Å². The number of rotatable bonds is 3. The number of hydrogen-bond donors (Lipinski definition) is 1. The van der Waals surface area contributed by atoms with Crippen molar-refractivity contribution < 1.29 is 4.79 Å². The Morgan fingerprint density at radius 2 is 2.12 bits per heavy atom. The van der Waals surface area contributed by atoms with Crippen molar-refractivity contribution in [2.24, 2.45) is 0 Å². The second kappa shape index (κ2) is 6.68. The van der Waals surface area contributed by atoms with Crippen LogP contribution in [0.5, 0.6) is 0 Å². The van der Waals surface area contributed by atoms with Crippen LogP contribution >= 0.6 is 11.6 Å². The lowest BCUT2D eigenvalue weighted by Gasteiger charge is -2.31. The number of H-pyrrole nitrogens is 1. The Morgan fingerprint density at radius 1 is 1.28 bits per heavy atom. The molecule has 1 aliphatic rings. The van der Waals surface area contributed by atoms with Gasteiger partial charge in [-0.2, -0.15) is 0 Å². The van der Waals surface area contributed by atoms with E-state index in [4.69, 9.17) is 11.6 Å². The van der Waals surface area contributed by atoms with E-state index in [1.54, 1.807) is 12.4 Å². The molecule has 1 aromatic carbocycles. The number of nitrogens with one attached hydrogen (secondary N) is 1. The number of carbonyl (C=O) groups is 1. The van der Waals surface area contributed by atoms with Gasteiger partial charge in [0.2, 0.25) is 0 Å². The molecule has 0 spiro atoms. The summed E-state index contributed by atoms with van der Waals surface area (Å²) >= 11 is 6.04. The van der Waals surface area contributed by atoms with Crippen LogP contribution in [0.1, 0.15) is 29.5 Å². The van der Waals surface area contributed by atoms with Crippen LogP contribution in [0.3, 0.4) is 0 Å². The van der Waals surface area contributed by atoms with Crippen LogP contribution in [0.4, 0.5) is 0 Å². The molecule has 0 bridgehead atoms. The Hall–Kier alpha value is -2.67. The van der Waals surface area contributed by atoms with E-state index in [0.29, 0.717) is 23.9 Å². The smallest absolute Gasteiger partial charge is 0.289 e. The summed E-state index contributed by atoms with van der Waals surface area (Å²) in [4.78, 5) is 21.0. The van der Waals surface area contributed by atoms with Gasteiger partial charge in [0.05, 0.1) is 12.2 Å². The Labute approximate surface area is 149 Å². The number of benzene rings is 1. The summed E-state index contributed by atoms with van der Waals surface area (Å²) in [6.07, 6.45) is 6.87. The highest BCUT2D eigenvalue weighted by atomic mass is 35.5. The quantitative estimate of drug-likeness (QED) is 0.782. The van der Waals surface area contributed by atoms with Gasteiger partial charge in [0, 0.05) is 36.1 Å². The summed E-state index contributed by atoms with van der Waals surface area (Å²) in [6.45, 7) is 1.35. The maximum absolute atomic E-state index is 12.3. The molecule has 3 aromatic rings. The van der Waals surface area contributed by atoms with Gasteiger partial charge < -0.3 is 9.88 Å². The molecular weight excluding hydrogens is 340 g/mol. The highest BCUT2D eigenvalue weighted by Gasteiger charge is 2.26. The number of halogens is 1. The molecule has 0 saturated carbocycles. The largest absolute Gasteiger partial charge is 0.341 e. The maximum Gasteiger partial charge on any atom is 0.289 e. The molecular formula is C17H17ClN6O. The highest BCUT2D eigenvalue weighted by Crippen LogP contribution is 2.25. The number of hydrogen-bond acceptors (Lipinski definition) is 4. The Balaban J connectivity index is 1.42. The molecule has 4 rings (SSSR count). The van der Waals surface area contributed by atoms with Crippen molar-refractivity contribution in [1.82, 2.24) is 29.9 Å². The van der Waals surface area contributed by atoms with Gasteiger partial charge in [-0.3, -0.25) is 4.79 Å². The number of amides is 1. The number of aromatic nitrogens is 5. The van der Waals surface area contributed by atoms with Crippen LogP contribution in [-0.4, -0.2) is 48.9 Å². The zero-order valence-electron chi connectivity index (χ0n) is 13.5. The van der Waals surface area contributed by atoms with Crippen molar-refractivity contribution in [3.8, 4) is 11.3 Å². The summed E-state index contributed by atoms with van der Waals surface area (Å²) in [5.41, 5.74) is 1.75. The zero-order valence-corrected chi connectivity index (χ0v) is 14.2. The van der Waals surface area contributed by atoms with Crippen LogP contribution in [0.15, 0.2) is 42.9 Å². The van der Waals surface area contributed by atoms with Gasteiger partial charge in [-0.25, -0.2) is 9.67 Å². The highest BCUT2D eigenvalue weighted by molar-refractivity contribution is 6.30. The minimum atomic E-state index is -0.0540. The van der Waals surface area contributed by atoms with E-state index < -0.39 is 0 Å². The number of imidazole rings is 1. The fourth-order valence-corrected chi connectivity index (χ4v) is 3.29. The van der Waals surface area contributed by atoms with Gasteiger partial charge in [-0.05, 0) is 25.0 Å².